The van der Waals surface area contributed by atoms with Gasteiger partial charge in [-0.1, -0.05) is 49.7 Å². The molecule has 0 bridgehead atoms. The van der Waals surface area contributed by atoms with Crippen molar-refractivity contribution in [1.82, 2.24) is 9.88 Å². The van der Waals surface area contributed by atoms with Crippen LogP contribution in [0.1, 0.15) is 25.3 Å². The number of hydrogen-bond acceptors (Lipinski definition) is 7. The summed E-state index contributed by atoms with van der Waals surface area (Å²) in [7, 11) is 3.34. The molecule has 1 aliphatic heterocycles. The second kappa shape index (κ2) is 10.7. The maximum atomic E-state index is 12.8. The second-order valence-corrected chi connectivity index (χ2v) is 9.21. The van der Waals surface area contributed by atoms with Gasteiger partial charge >= 0.3 is 0 Å². The van der Waals surface area contributed by atoms with E-state index in [0.717, 1.165) is 29.7 Å². The molecular weight excluding hydrogens is 454 g/mol. The van der Waals surface area contributed by atoms with E-state index in [4.69, 9.17) is 9.47 Å². The van der Waals surface area contributed by atoms with Crippen LogP contribution in [-0.4, -0.2) is 41.7 Å². The lowest BCUT2D eigenvalue weighted by Crippen LogP contribution is -2.23. The number of unbranched alkanes of at least 4 members (excludes halogenated alkanes) is 1. The largest absolute Gasteiger partial charge is 0.493 e. The maximum Gasteiger partial charge on any atom is 0.266 e. The van der Waals surface area contributed by atoms with Crippen molar-refractivity contribution in [2.75, 3.05) is 20.8 Å². The van der Waals surface area contributed by atoms with Crippen LogP contribution in [0.3, 0.4) is 0 Å². The molecule has 1 amide bonds. The number of hydrogen-bond donors (Lipinski definition) is 0. The lowest BCUT2D eigenvalue weighted by atomic mass is 10.2. The van der Waals surface area contributed by atoms with E-state index in [0.29, 0.717) is 33.3 Å². The molecule has 3 aromatic rings. The Bertz CT molecular complexity index is 1190. The third kappa shape index (κ3) is 5.46. The smallest absolute Gasteiger partial charge is 0.266 e. The molecule has 0 spiro atoms. The number of nitrogens with zero attached hydrogens (tertiary/aromatic N) is 3. The summed E-state index contributed by atoms with van der Waals surface area (Å²) in [4.78, 5) is 24.2. The molecule has 0 radical (unpaired) electrons. The quantitative estimate of drug-likeness (QED) is 0.283. The van der Waals surface area contributed by atoms with Crippen LogP contribution in [0.25, 0.3) is 17.3 Å². The Morgan fingerprint density at radius 3 is 2.73 bits per heavy atom. The van der Waals surface area contributed by atoms with Crippen LogP contribution in [-0.2, 0) is 4.79 Å². The zero-order chi connectivity index (χ0) is 23.2. The molecule has 0 saturated carbocycles. The maximum absolute atomic E-state index is 12.8. The Balaban J connectivity index is 1.53. The summed E-state index contributed by atoms with van der Waals surface area (Å²) >= 11 is 2.79. The van der Waals surface area contributed by atoms with Gasteiger partial charge in [0.1, 0.15) is 0 Å². The van der Waals surface area contributed by atoms with Gasteiger partial charge in [-0.3, -0.25) is 9.69 Å². The van der Waals surface area contributed by atoms with Crippen LogP contribution in [0.2, 0.25) is 0 Å². The van der Waals surface area contributed by atoms with Gasteiger partial charge in [0.2, 0.25) is 5.13 Å². The van der Waals surface area contributed by atoms with E-state index in [1.54, 1.807) is 19.1 Å². The van der Waals surface area contributed by atoms with Gasteiger partial charge in [-0.15, -0.1) is 11.3 Å². The van der Waals surface area contributed by atoms with Crippen molar-refractivity contribution in [2.24, 2.45) is 4.99 Å². The predicted octanol–water partition coefficient (Wildman–Crippen LogP) is 6.23. The normalized spacial score (nSPS) is 16.1. The summed E-state index contributed by atoms with van der Waals surface area (Å²) in [5, 5.41) is 3.20. The minimum atomic E-state index is -0.0965. The van der Waals surface area contributed by atoms with Crippen molar-refractivity contribution in [3.63, 3.8) is 0 Å². The first kappa shape index (κ1) is 23.1. The first-order valence-corrected chi connectivity index (χ1v) is 12.4. The third-order valence-corrected chi connectivity index (χ3v) is 6.79. The van der Waals surface area contributed by atoms with Gasteiger partial charge in [0, 0.05) is 18.0 Å². The molecule has 0 atom stereocenters. The summed E-state index contributed by atoms with van der Waals surface area (Å²) in [6.45, 7) is 2.77. The number of likely N-dealkylation sites (N-methyl/N-ethyl adjacent to an activating group) is 1. The van der Waals surface area contributed by atoms with Crippen LogP contribution in [0.5, 0.6) is 11.5 Å². The Labute approximate surface area is 202 Å². The second-order valence-electron chi connectivity index (χ2n) is 7.36. The first-order valence-electron chi connectivity index (χ1n) is 10.7. The third-order valence-electron chi connectivity index (χ3n) is 5.00. The van der Waals surface area contributed by atoms with Crippen LogP contribution >= 0.6 is 23.1 Å². The van der Waals surface area contributed by atoms with Gasteiger partial charge in [-0.2, -0.15) is 4.99 Å². The zero-order valence-electron chi connectivity index (χ0n) is 18.8. The zero-order valence-corrected chi connectivity index (χ0v) is 20.4. The van der Waals surface area contributed by atoms with E-state index in [1.165, 1.54) is 23.1 Å². The molecule has 1 aromatic heterocycles. The van der Waals surface area contributed by atoms with E-state index in [1.807, 2.05) is 60.0 Å². The van der Waals surface area contributed by atoms with Gasteiger partial charge in [0.15, 0.2) is 16.7 Å². The predicted molar refractivity (Wildman–Crippen MR) is 136 cm³/mol. The number of benzene rings is 2. The number of aromatic nitrogens is 1. The van der Waals surface area contributed by atoms with Crippen molar-refractivity contribution in [3.05, 3.63) is 64.4 Å². The molecule has 8 heteroatoms. The molecule has 2 aromatic carbocycles. The Morgan fingerprint density at radius 1 is 1.15 bits per heavy atom. The minimum Gasteiger partial charge on any atom is -0.493 e. The lowest BCUT2D eigenvalue weighted by Gasteiger charge is -2.11. The van der Waals surface area contributed by atoms with Crippen LogP contribution in [0.15, 0.2) is 63.8 Å². The van der Waals surface area contributed by atoms with Gasteiger partial charge in [-0.05, 0) is 42.0 Å². The number of thioether (sulfide) groups is 1. The van der Waals surface area contributed by atoms with Gasteiger partial charge < -0.3 is 9.47 Å². The summed E-state index contributed by atoms with van der Waals surface area (Å²) in [6.07, 6.45) is 3.90. The highest BCUT2D eigenvalue weighted by Gasteiger charge is 2.30. The number of ether oxygens (including phenoxy) is 2. The highest BCUT2D eigenvalue weighted by atomic mass is 32.2. The van der Waals surface area contributed by atoms with Crippen molar-refractivity contribution in [1.29, 1.82) is 0 Å². The van der Waals surface area contributed by atoms with Crippen LogP contribution in [0.4, 0.5) is 5.13 Å². The monoisotopic (exact) mass is 479 g/mol. The van der Waals surface area contributed by atoms with Crippen molar-refractivity contribution in [3.8, 4) is 22.8 Å². The SMILES string of the molecule is CCCCOc1ccc(/C=C2\S/C(=N/c3nc(-c4ccccc4)cs3)N(C)C2=O)cc1OC. The molecule has 0 aliphatic carbocycles. The molecule has 1 saturated heterocycles. The van der Waals surface area contributed by atoms with Crippen molar-refractivity contribution < 1.29 is 14.3 Å². The topological polar surface area (TPSA) is 64.0 Å². The minimum absolute atomic E-state index is 0.0965. The Hall–Kier alpha value is -3.10. The Morgan fingerprint density at radius 2 is 1.97 bits per heavy atom. The van der Waals surface area contributed by atoms with Gasteiger partial charge in [0.25, 0.3) is 5.91 Å². The van der Waals surface area contributed by atoms with Gasteiger partial charge in [-0.25, -0.2) is 4.98 Å². The number of amides is 1. The summed E-state index contributed by atoms with van der Waals surface area (Å²) in [5.74, 6) is 1.26. The lowest BCUT2D eigenvalue weighted by molar-refractivity contribution is -0.121. The number of rotatable bonds is 8. The van der Waals surface area contributed by atoms with Crippen LogP contribution < -0.4 is 9.47 Å². The number of carbonyl (C=O) groups excluding carboxylic acids is 1. The summed E-state index contributed by atoms with van der Waals surface area (Å²) in [6, 6.07) is 15.7. The van der Waals surface area contributed by atoms with Crippen LogP contribution in [0, 0.1) is 0 Å². The van der Waals surface area contributed by atoms with E-state index in [9.17, 15) is 4.79 Å². The highest BCUT2D eigenvalue weighted by molar-refractivity contribution is 8.18. The van der Waals surface area contributed by atoms with Gasteiger partial charge in [0.05, 0.1) is 24.3 Å². The molecule has 1 aliphatic rings. The van der Waals surface area contributed by atoms with E-state index < -0.39 is 0 Å². The first-order chi connectivity index (χ1) is 16.1. The molecule has 1 fully saturated rings. The van der Waals surface area contributed by atoms with E-state index >= 15 is 0 Å². The van der Waals surface area contributed by atoms with E-state index in [-0.39, 0.29) is 5.91 Å². The number of amidine groups is 1. The van der Waals surface area contributed by atoms with Crippen molar-refractivity contribution >= 4 is 45.4 Å². The number of thiazole rings is 1. The molecule has 2 heterocycles. The van der Waals surface area contributed by atoms with Crippen molar-refractivity contribution in [2.45, 2.75) is 19.8 Å². The number of carbonyl (C=O) groups is 1. The highest BCUT2D eigenvalue weighted by Crippen LogP contribution is 2.36. The molecule has 33 heavy (non-hydrogen) atoms. The number of methoxy groups -OCH3 is 1. The molecular formula is C25H25N3O3S2. The molecule has 0 N–H and O–H groups in total. The molecule has 170 valence electrons. The average molecular weight is 480 g/mol. The molecule has 0 unspecified atom stereocenters. The Kier molecular flexibility index (Phi) is 7.47. The van der Waals surface area contributed by atoms with E-state index in [2.05, 4.69) is 16.9 Å². The molecule has 4 rings (SSSR count). The standard InChI is InChI=1S/C25H25N3O3S2/c1-4-5-13-31-20-12-11-17(14-21(20)30-3)15-22-23(29)28(2)25(33-22)27-24-26-19(16-32-24)18-9-7-6-8-10-18/h6-12,14-16H,4-5,13H2,1-3H3/b22-15-,27-25+. The molecule has 6 nitrogen and oxygen atoms in total. The average Bonchev–Trinajstić information content (AvgIpc) is 3.41. The summed E-state index contributed by atoms with van der Waals surface area (Å²) in [5.41, 5.74) is 2.78. The fourth-order valence-corrected chi connectivity index (χ4v) is 4.88. The fraction of sp³-hybridized carbons (Fsp3) is 0.240. The summed E-state index contributed by atoms with van der Waals surface area (Å²) < 4.78 is 11.3. The number of aliphatic imine (C=N–C) groups is 1. The fourth-order valence-electron chi connectivity index (χ4n) is 3.16.